The Kier molecular flexibility index (Phi) is 8.14. The van der Waals surface area contributed by atoms with E-state index in [2.05, 4.69) is 17.2 Å². The second-order valence-corrected chi connectivity index (χ2v) is 5.08. The van der Waals surface area contributed by atoms with Crippen LogP contribution in [0, 0.1) is 0 Å². The Bertz CT molecular complexity index is 608. The van der Waals surface area contributed by atoms with Crippen LogP contribution in [-0.4, -0.2) is 42.6 Å². The molecule has 24 heavy (non-hydrogen) atoms. The first kappa shape index (κ1) is 20.4. The molecule has 0 unspecified atom stereocenters. The van der Waals surface area contributed by atoms with Crippen LogP contribution in [0.5, 0.6) is 0 Å². The van der Waals surface area contributed by atoms with Gasteiger partial charge >= 0.3 is 29.6 Å². The monoisotopic (exact) mass is 340 g/mol. The number of rotatable bonds is 8. The van der Waals surface area contributed by atoms with Crippen LogP contribution in [0.4, 0.5) is 0 Å². The third-order valence-corrected chi connectivity index (χ3v) is 3.32. The van der Waals surface area contributed by atoms with Crippen molar-refractivity contribution in [2.75, 3.05) is 6.54 Å². The number of hydrogen-bond donors (Lipinski definition) is 2. The molecule has 0 saturated carbocycles. The van der Waals surface area contributed by atoms with Crippen molar-refractivity contribution in [3.05, 3.63) is 48.6 Å². The summed E-state index contributed by atoms with van der Waals surface area (Å²) in [6.45, 7) is 3.78. The van der Waals surface area contributed by atoms with Crippen LogP contribution < -0.4 is 45.3 Å². The maximum Gasteiger partial charge on any atom is 1.00 e. The third-order valence-electron chi connectivity index (χ3n) is 3.32. The molecule has 8 heteroatoms. The summed E-state index contributed by atoms with van der Waals surface area (Å²) in [5.41, 5.74) is 0.861. The van der Waals surface area contributed by atoms with E-state index in [1.165, 1.54) is 6.08 Å². The molecule has 1 aliphatic rings. The average Bonchev–Trinajstić information content (AvgIpc) is 3.34. The standard InChI is InChI=1S/C16H18N2O5.Na/c1-2-8-17-14(19)11(9-10-6-4-3-5-7-10)18-15(20)12-13(23-12)16(21)22;/h2-7,11-13H,1,8-9H2,(H,17,19)(H,18,20)(H,21,22);/q;+1/p-1/t11-,12-,13-;/m0./s1. The molecule has 0 aliphatic carbocycles. The molecule has 2 N–H and O–H groups in total. The minimum Gasteiger partial charge on any atom is -0.547 e. The molecule has 1 saturated heterocycles. The summed E-state index contributed by atoms with van der Waals surface area (Å²) in [6, 6.07) is 8.32. The molecule has 2 amide bonds. The zero-order valence-corrected chi connectivity index (χ0v) is 15.4. The second-order valence-electron chi connectivity index (χ2n) is 5.08. The van der Waals surface area contributed by atoms with E-state index in [1.807, 2.05) is 30.3 Å². The van der Waals surface area contributed by atoms with Crippen LogP contribution in [-0.2, 0) is 25.5 Å². The molecule has 122 valence electrons. The summed E-state index contributed by atoms with van der Waals surface area (Å²) in [7, 11) is 0. The van der Waals surface area contributed by atoms with Gasteiger partial charge in [-0.3, -0.25) is 9.59 Å². The summed E-state index contributed by atoms with van der Waals surface area (Å²) in [5.74, 6) is -2.47. The summed E-state index contributed by atoms with van der Waals surface area (Å²) >= 11 is 0. The normalized spacial score (nSPS) is 19.3. The Labute approximate surface area is 161 Å². The van der Waals surface area contributed by atoms with Crippen molar-refractivity contribution < 1.29 is 53.8 Å². The predicted octanol–water partition coefficient (Wildman–Crippen LogP) is -4.46. The Balaban J connectivity index is 0.00000288. The van der Waals surface area contributed by atoms with E-state index in [-0.39, 0.29) is 48.4 Å². The minimum absolute atomic E-state index is 0. The summed E-state index contributed by atoms with van der Waals surface area (Å²) in [6.07, 6.45) is -0.553. The van der Waals surface area contributed by atoms with Gasteiger partial charge in [0, 0.05) is 13.0 Å². The van der Waals surface area contributed by atoms with Crippen molar-refractivity contribution in [2.45, 2.75) is 24.7 Å². The van der Waals surface area contributed by atoms with E-state index in [9.17, 15) is 19.5 Å². The maximum absolute atomic E-state index is 12.2. The van der Waals surface area contributed by atoms with Crippen LogP contribution >= 0.6 is 0 Å². The Hall–Kier alpha value is -1.67. The first-order valence-electron chi connectivity index (χ1n) is 7.12. The molecule has 1 heterocycles. The molecular formula is C16H17N2NaO5. The van der Waals surface area contributed by atoms with E-state index in [4.69, 9.17) is 4.74 Å². The number of carboxylic acids is 1. The van der Waals surface area contributed by atoms with Gasteiger partial charge in [-0.05, 0) is 5.56 Å². The summed E-state index contributed by atoms with van der Waals surface area (Å²) in [4.78, 5) is 34.8. The van der Waals surface area contributed by atoms with E-state index in [1.54, 1.807) is 0 Å². The number of carbonyl (C=O) groups is 3. The fourth-order valence-electron chi connectivity index (χ4n) is 2.10. The topological polar surface area (TPSA) is 111 Å². The summed E-state index contributed by atoms with van der Waals surface area (Å²) in [5, 5.41) is 15.8. The first-order chi connectivity index (χ1) is 11.0. The number of carboxylic acid groups (broad SMARTS) is 1. The number of nitrogens with one attached hydrogen (secondary N) is 2. The van der Waals surface area contributed by atoms with E-state index >= 15 is 0 Å². The van der Waals surface area contributed by atoms with Crippen LogP contribution in [0.15, 0.2) is 43.0 Å². The smallest absolute Gasteiger partial charge is 0.547 e. The molecule has 2 rings (SSSR count). The second kappa shape index (κ2) is 9.58. The number of ether oxygens (including phenoxy) is 1. The molecule has 0 spiro atoms. The zero-order valence-electron chi connectivity index (χ0n) is 13.4. The largest absolute Gasteiger partial charge is 1.00 e. The van der Waals surface area contributed by atoms with Gasteiger partial charge in [0.15, 0.2) is 6.10 Å². The van der Waals surface area contributed by atoms with Crippen molar-refractivity contribution in [3.8, 4) is 0 Å². The SMILES string of the molecule is C=CCNC(=O)[C@H](Cc1ccccc1)NC(=O)[C@H]1O[C@@H]1C(=O)[O-].[Na+]. The van der Waals surface area contributed by atoms with E-state index < -0.39 is 30.1 Å². The van der Waals surface area contributed by atoms with Gasteiger partial charge in [0.1, 0.15) is 12.1 Å². The number of aliphatic carboxylic acids is 1. The van der Waals surface area contributed by atoms with Gasteiger partial charge in [0.25, 0.3) is 5.91 Å². The van der Waals surface area contributed by atoms with Gasteiger partial charge in [0.05, 0.1) is 5.97 Å². The van der Waals surface area contributed by atoms with Gasteiger partial charge < -0.3 is 25.3 Å². The van der Waals surface area contributed by atoms with Crippen molar-refractivity contribution in [2.24, 2.45) is 0 Å². The molecule has 1 fully saturated rings. The molecule has 1 aromatic carbocycles. The Morgan fingerprint density at radius 1 is 1.25 bits per heavy atom. The van der Waals surface area contributed by atoms with Crippen molar-refractivity contribution in [3.63, 3.8) is 0 Å². The quantitative estimate of drug-likeness (QED) is 0.282. The van der Waals surface area contributed by atoms with Crippen molar-refractivity contribution >= 4 is 17.8 Å². The van der Waals surface area contributed by atoms with Crippen LogP contribution in [0.2, 0.25) is 0 Å². The van der Waals surface area contributed by atoms with E-state index in [0.717, 1.165) is 5.56 Å². The fourth-order valence-corrected chi connectivity index (χ4v) is 2.10. The van der Waals surface area contributed by atoms with Gasteiger partial charge in [0.2, 0.25) is 5.91 Å². The van der Waals surface area contributed by atoms with Crippen molar-refractivity contribution in [1.29, 1.82) is 0 Å². The minimum atomic E-state index is -1.44. The number of epoxide rings is 1. The van der Waals surface area contributed by atoms with E-state index in [0.29, 0.717) is 0 Å². The van der Waals surface area contributed by atoms with Crippen LogP contribution in [0.3, 0.4) is 0 Å². The number of benzene rings is 1. The predicted molar refractivity (Wildman–Crippen MR) is 79.0 cm³/mol. The zero-order chi connectivity index (χ0) is 16.8. The molecule has 3 atom stereocenters. The molecular weight excluding hydrogens is 323 g/mol. The Morgan fingerprint density at radius 2 is 1.92 bits per heavy atom. The molecule has 0 radical (unpaired) electrons. The van der Waals surface area contributed by atoms with Crippen molar-refractivity contribution in [1.82, 2.24) is 10.6 Å². The van der Waals surface area contributed by atoms with Gasteiger partial charge in [-0.15, -0.1) is 6.58 Å². The molecule has 0 bridgehead atoms. The van der Waals surface area contributed by atoms with Gasteiger partial charge in [-0.2, -0.15) is 0 Å². The number of carbonyl (C=O) groups excluding carboxylic acids is 3. The summed E-state index contributed by atoms with van der Waals surface area (Å²) < 4.78 is 4.73. The molecule has 1 aliphatic heterocycles. The number of hydrogen-bond acceptors (Lipinski definition) is 5. The maximum atomic E-state index is 12.2. The van der Waals surface area contributed by atoms with Gasteiger partial charge in [-0.25, -0.2) is 0 Å². The molecule has 7 nitrogen and oxygen atoms in total. The number of amides is 2. The third kappa shape index (κ3) is 5.76. The van der Waals surface area contributed by atoms with Crippen LogP contribution in [0.1, 0.15) is 5.56 Å². The Morgan fingerprint density at radius 3 is 2.46 bits per heavy atom. The van der Waals surface area contributed by atoms with Gasteiger partial charge in [-0.1, -0.05) is 36.4 Å². The van der Waals surface area contributed by atoms with Crippen LogP contribution in [0.25, 0.3) is 0 Å². The molecule has 1 aromatic rings. The first-order valence-corrected chi connectivity index (χ1v) is 7.12. The molecule has 0 aromatic heterocycles. The fraction of sp³-hybridized carbons (Fsp3) is 0.312. The average molecular weight is 340 g/mol.